The molecule has 0 saturated carbocycles. The Kier molecular flexibility index (Phi) is 6.18. The zero-order valence-electron chi connectivity index (χ0n) is 14.7. The van der Waals surface area contributed by atoms with E-state index in [-0.39, 0.29) is 22.8 Å². The van der Waals surface area contributed by atoms with Crippen molar-refractivity contribution in [2.45, 2.75) is 26.3 Å². The molecule has 11 nitrogen and oxygen atoms in total. The van der Waals surface area contributed by atoms with Gasteiger partial charge in [0.2, 0.25) is 5.91 Å². The van der Waals surface area contributed by atoms with Crippen LogP contribution in [0.3, 0.4) is 0 Å². The van der Waals surface area contributed by atoms with Crippen LogP contribution in [-0.2, 0) is 4.79 Å². The number of carbonyl (C=O) groups excluding carboxylic acids is 1. The number of hydrogen-bond acceptors (Lipinski definition) is 7. The van der Waals surface area contributed by atoms with Crippen molar-refractivity contribution in [1.29, 1.82) is 0 Å². The molecule has 2 aromatic rings. The molecule has 13 heteroatoms. The molecule has 0 aliphatic carbocycles. The van der Waals surface area contributed by atoms with Crippen molar-refractivity contribution in [3.8, 4) is 5.75 Å². The summed E-state index contributed by atoms with van der Waals surface area (Å²) in [5, 5.41) is 28.1. The summed E-state index contributed by atoms with van der Waals surface area (Å²) in [7, 11) is 0. The third-order valence-electron chi connectivity index (χ3n) is 3.71. The van der Waals surface area contributed by atoms with Crippen molar-refractivity contribution in [2.24, 2.45) is 0 Å². The van der Waals surface area contributed by atoms with E-state index in [1.54, 1.807) is 0 Å². The fourth-order valence-electron chi connectivity index (χ4n) is 2.35. The number of nitrogens with one attached hydrogen (secondary N) is 1. The number of amides is 1. The van der Waals surface area contributed by atoms with Gasteiger partial charge in [0, 0.05) is 12.1 Å². The summed E-state index contributed by atoms with van der Waals surface area (Å²) >= 11 is 0. The fourth-order valence-corrected chi connectivity index (χ4v) is 2.35. The SMILES string of the molecule is Cc1c([N+](=O)[O-])cnn1C(C)C(=O)Nc1cc(OCC(F)F)cc([N+](=O)[O-])c1. The van der Waals surface area contributed by atoms with Gasteiger partial charge in [-0.25, -0.2) is 8.78 Å². The summed E-state index contributed by atoms with van der Waals surface area (Å²) in [6, 6.07) is 2.14. The Morgan fingerprint density at radius 2 is 1.96 bits per heavy atom. The molecule has 1 unspecified atom stereocenters. The first-order valence-electron chi connectivity index (χ1n) is 7.80. The summed E-state index contributed by atoms with van der Waals surface area (Å²) < 4.78 is 30.5. The van der Waals surface area contributed by atoms with E-state index in [2.05, 4.69) is 10.4 Å². The van der Waals surface area contributed by atoms with E-state index in [1.165, 1.54) is 13.8 Å². The number of nitrogens with zero attached hydrogens (tertiary/aromatic N) is 4. The second-order valence-corrected chi connectivity index (χ2v) is 5.66. The molecule has 0 spiro atoms. The van der Waals surface area contributed by atoms with E-state index in [9.17, 15) is 33.8 Å². The van der Waals surface area contributed by atoms with Gasteiger partial charge in [-0.15, -0.1) is 0 Å². The quantitative estimate of drug-likeness (QED) is 0.531. The van der Waals surface area contributed by atoms with Gasteiger partial charge in [0.25, 0.3) is 12.1 Å². The maximum Gasteiger partial charge on any atom is 0.309 e. The largest absolute Gasteiger partial charge is 0.487 e. The van der Waals surface area contributed by atoms with Crippen LogP contribution in [0.4, 0.5) is 25.8 Å². The minimum atomic E-state index is -2.78. The number of non-ortho nitro benzene ring substituents is 1. The maximum atomic E-state index is 12.4. The van der Waals surface area contributed by atoms with Gasteiger partial charge in [-0.3, -0.25) is 29.7 Å². The topological polar surface area (TPSA) is 142 Å². The van der Waals surface area contributed by atoms with Crippen LogP contribution >= 0.6 is 0 Å². The number of aromatic nitrogens is 2. The molecule has 1 aromatic heterocycles. The highest BCUT2D eigenvalue weighted by Crippen LogP contribution is 2.27. The van der Waals surface area contributed by atoms with Crippen molar-refractivity contribution >= 4 is 23.0 Å². The number of nitro groups is 2. The molecule has 1 amide bonds. The summed E-state index contributed by atoms with van der Waals surface area (Å²) in [4.78, 5) is 32.9. The van der Waals surface area contributed by atoms with Gasteiger partial charge in [0.15, 0.2) is 0 Å². The number of hydrogen-bond donors (Lipinski definition) is 1. The molecule has 1 aromatic carbocycles. The third kappa shape index (κ3) is 4.75. The van der Waals surface area contributed by atoms with Crippen LogP contribution in [0.15, 0.2) is 24.4 Å². The number of halogens is 2. The molecular formula is C15H15F2N5O6. The fraction of sp³-hybridized carbons (Fsp3) is 0.333. The lowest BCUT2D eigenvalue weighted by Crippen LogP contribution is -2.25. The summed E-state index contributed by atoms with van der Waals surface area (Å²) in [5.41, 5.74) is -0.652. The van der Waals surface area contributed by atoms with Gasteiger partial charge >= 0.3 is 5.69 Å². The molecule has 28 heavy (non-hydrogen) atoms. The normalized spacial score (nSPS) is 11.9. The van der Waals surface area contributed by atoms with Crippen LogP contribution in [-0.4, -0.2) is 38.6 Å². The second kappa shape index (κ2) is 8.37. The van der Waals surface area contributed by atoms with E-state index >= 15 is 0 Å². The molecule has 0 radical (unpaired) electrons. The number of nitro benzene ring substituents is 1. The molecule has 0 fully saturated rings. The molecule has 1 atom stereocenters. The van der Waals surface area contributed by atoms with Crippen molar-refractivity contribution in [3.63, 3.8) is 0 Å². The summed E-state index contributed by atoms with van der Waals surface area (Å²) in [6.45, 7) is 1.87. The number of anilines is 1. The van der Waals surface area contributed by atoms with Crippen LogP contribution in [0.2, 0.25) is 0 Å². The molecule has 0 aliphatic rings. The highest BCUT2D eigenvalue weighted by atomic mass is 19.3. The first kappa shape index (κ1) is 20.7. The van der Waals surface area contributed by atoms with Crippen molar-refractivity contribution < 1.29 is 28.2 Å². The Bertz CT molecular complexity index is 916. The van der Waals surface area contributed by atoms with Gasteiger partial charge in [-0.05, 0) is 13.8 Å². The Labute approximate surface area is 156 Å². The lowest BCUT2D eigenvalue weighted by Gasteiger charge is -2.15. The number of carbonyl (C=O) groups is 1. The Morgan fingerprint density at radius 1 is 1.29 bits per heavy atom. The van der Waals surface area contributed by atoms with Crippen molar-refractivity contribution in [1.82, 2.24) is 9.78 Å². The molecule has 1 heterocycles. The van der Waals surface area contributed by atoms with Gasteiger partial charge < -0.3 is 10.1 Å². The van der Waals surface area contributed by atoms with Crippen molar-refractivity contribution in [2.75, 3.05) is 11.9 Å². The van der Waals surface area contributed by atoms with E-state index in [0.29, 0.717) is 0 Å². The van der Waals surface area contributed by atoms with E-state index in [4.69, 9.17) is 4.74 Å². The molecule has 0 aliphatic heterocycles. The number of benzene rings is 1. The zero-order valence-corrected chi connectivity index (χ0v) is 14.7. The Balaban J connectivity index is 2.24. The molecule has 2 rings (SSSR count). The van der Waals surface area contributed by atoms with Crippen LogP contribution in [0.25, 0.3) is 0 Å². The molecular weight excluding hydrogens is 384 g/mol. The predicted molar refractivity (Wildman–Crippen MR) is 91.6 cm³/mol. The maximum absolute atomic E-state index is 12.4. The standard InChI is InChI=1S/C15H15F2N5O6/c1-8-13(22(26)27)6-18-20(8)9(2)15(23)19-10-3-11(21(24)25)5-12(4-10)28-7-14(16)17/h3-6,9,14H,7H2,1-2H3,(H,19,23). The smallest absolute Gasteiger partial charge is 0.309 e. The number of rotatable bonds is 8. The second-order valence-electron chi connectivity index (χ2n) is 5.66. The summed E-state index contributed by atoms with van der Waals surface area (Å²) in [5.74, 6) is -0.898. The minimum Gasteiger partial charge on any atom is -0.487 e. The molecule has 0 saturated heterocycles. The van der Waals surface area contributed by atoms with Gasteiger partial charge in [-0.1, -0.05) is 0 Å². The van der Waals surface area contributed by atoms with Crippen LogP contribution in [0, 0.1) is 27.2 Å². The molecule has 0 bridgehead atoms. The number of ether oxygens (including phenoxy) is 1. The Morgan fingerprint density at radius 3 is 2.50 bits per heavy atom. The molecule has 1 N–H and O–H groups in total. The van der Waals surface area contributed by atoms with Gasteiger partial charge in [0.05, 0.1) is 21.6 Å². The van der Waals surface area contributed by atoms with E-state index in [1.807, 2.05) is 0 Å². The highest BCUT2D eigenvalue weighted by molar-refractivity contribution is 5.94. The van der Waals surface area contributed by atoms with Crippen LogP contribution in [0.5, 0.6) is 5.75 Å². The van der Waals surface area contributed by atoms with E-state index in [0.717, 1.165) is 29.1 Å². The summed E-state index contributed by atoms with van der Waals surface area (Å²) in [6.07, 6.45) is -1.78. The molecule has 150 valence electrons. The third-order valence-corrected chi connectivity index (χ3v) is 3.71. The Hall–Kier alpha value is -3.64. The van der Waals surface area contributed by atoms with Gasteiger partial charge in [-0.2, -0.15) is 5.10 Å². The first-order valence-corrected chi connectivity index (χ1v) is 7.80. The average molecular weight is 399 g/mol. The van der Waals surface area contributed by atoms with Crippen molar-refractivity contribution in [3.05, 3.63) is 50.3 Å². The predicted octanol–water partition coefficient (Wildman–Crippen LogP) is 2.85. The highest BCUT2D eigenvalue weighted by Gasteiger charge is 2.24. The van der Waals surface area contributed by atoms with Gasteiger partial charge in [0.1, 0.15) is 30.3 Å². The van der Waals surface area contributed by atoms with Crippen LogP contribution < -0.4 is 10.1 Å². The number of alkyl halides is 2. The zero-order chi connectivity index (χ0) is 21.0. The average Bonchev–Trinajstić information content (AvgIpc) is 3.00. The monoisotopic (exact) mass is 399 g/mol. The lowest BCUT2D eigenvalue weighted by molar-refractivity contribution is -0.385. The van der Waals surface area contributed by atoms with E-state index < -0.39 is 40.5 Å². The lowest BCUT2D eigenvalue weighted by atomic mass is 10.2. The first-order chi connectivity index (χ1) is 13.1. The minimum absolute atomic E-state index is 0.0605. The van der Waals surface area contributed by atoms with Crippen LogP contribution in [0.1, 0.15) is 18.7 Å².